The van der Waals surface area contributed by atoms with Gasteiger partial charge in [0.1, 0.15) is 5.75 Å². The van der Waals surface area contributed by atoms with Gasteiger partial charge in [-0.3, -0.25) is 15.0 Å². The smallest absolute Gasteiger partial charge is 0.273 e. The van der Waals surface area contributed by atoms with Crippen LogP contribution in [0.1, 0.15) is 24.2 Å². The van der Waals surface area contributed by atoms with Crippen LogP contribution in [-0.4, -0.2) is 16.8 Å². The predicted molar refractivity (Wildman–Crippen MR) is 63.1 cm³/mol. The summed E-state index contributed by atoms with van der Waals surface area (Å²) in [6.45, 7) is 3.06. The third kappa shape index (κ3) is 3.98. The Morgan fingerprint density at radius 3 is 2.41 bits per heavy atom. The molecule has 90 valence electrons. The lowest BCUT2D eigenvalue weighted by Crippen LogP contribution is -2.36. The van der Waals surface area contributed by atoms with Crippen LogP contribution < -0.4 is 10.9 Å². The van der Waals surface area contributed by atoms with Gasteiger partial charge in [-0.2, -0.15) is 0 Å². The molecular formula is C12H14N2O3. The molecule has 1 aromatic rings. The van der Waals surface area contributed by atoms with E-state index in [-0.39, 0.29) is 17.1 Å². The first-order chi connectivity index (χ1) is 8.00. The predicted octanol–water partition coefficient (Wildman–Crippen LogP) is 1.12. The summed E-state index contributed by atoms with van der Waals surface area (Å²) in [5, 5.41) is 9.43. The molecule has 5 heteroatoms. The number of rotatable bonds is 4. The Morgan fingerprint density at radius 1 is 1.18 bits per heavy atom. The number of phenols is 1. The maximum atomic E-state index is 11.6. The van der Waals surface area contributed by atoms with Crippen LogP contribution in [0.25, 0.3) is 0 Å². The largest absolute Gasteiger partial charge is 0.507 e. The molecule has 3 N–H and O–H groups in total. The third-order valence-electron chi connectivity index (χ3n) is 1.94. The van der Waals surface area contributed by atoms with Gasteiger partial charge in [0.2, 0.25) is 0 Å². The Morgan fingerprint density at radius 2 is 1.82 bits per heavy atom. The number of hydrazine groups is 1. The molecule has 5 nitrogen and oxygen atoms in total. The first kappa shape index (κ1) is 12.8. The van der Waals surface area contributed by atoms with Gasteiger partial charge in [0, 0.05) is 11.8 Å². The molecule has 0 aliphatic heterocycles. The molecule has 0 aromatic heterocycles. The van der Waals surface area contributed by atoms with E-state index in [1.54, 1.807) is 19.1 Å². The summed E-state index contributed by atoms with van der Waals surface area (Å²) >= 11 is 0. The van der Waals surface area contributed by atoms with Crippen LogP contribution in [-0.2, 0) is 4.79 Å². The molecule has 17 heavy (non-hydrogen) atoms. The molecule has 0 saturated heterocycles. The summed E-state index contributed by atoms with van der Waals surface area (Å²) in [5.74, 6) is -0.689. The van der Waals surface area contributed by atoms with Crippen LogP contribution in [0.4, 0.5) is 0 Å². The van der Waals surface area contributed by atoms with Gasteiger partial charge in [0.25, 0.3) is 5.91 Å². The van der Waals surface area contributed by atoms with Gasteiger partial charge in [0.05, 0.1) is 5.56 Å². The Hall–Kier alpha value is -2.30. The molecule has 1 rings (SSSR count). The summed E-state index contributed by atoms with van der Waals surface area (Å²) in [5.41, 5.74) is 5.62. The van der Waals surface area contributed by atoms with Crippen molar-refractivity contribution in [1.82, 2.24) is 10.9 Å². The third-order valence-corrected chi connectivity index (χ3v) is 1.94. The molecule has 0 saturated carbocycles. The zero-order valence-electron chi connectivity index (χ0n) is 9.65. The summed E-state index contributed by atoms with van der Waals surface area (Å²) in [4.78, 5) is 22.4. The molecule has 0 aliphatic carbocycles. The van der Waals surface area contributed by atoms with E-state index >= 15 is 0 Å². The number of benzene rings is 1. The van der Waals surface area contributed by atoms with E-state index in [1.807, 2.05) is 0 Å². The molecule has 1 amide bonds. The Kier molecular flexibility index (Phi) is 4.28. The van der Waals surface area contributed by atoms with Crippen molar-refractivity contribution in [3.63, 3.8) is 0 Å². The Balaban J connectivity index is 2.63. The number of phenolic OH excluding ortho intramolecular Hbond substituents is 1. The fourth-order valence-electron chi connectivity index (χ4n) is 1.23. The van der Waals surface area contributed by atoms with Crippen molar-refractivity contribution >= 4 is 11.7 Å². The zero-order chi connectivity index (χ0) is 12.8. The summed E-state index contributed by atoms with van der Waals surface area (Å²) < 4.78 is 0. The monoisotopic (exact) mass is 234 g/mol. The number of allylic oxidation sites excluding steroid dienone is 2. The second-order valence-electron chi connectivity index (χ2n) is 3.53. The topological polar surface area (TPSA) is 78.4 Å². The standard InChI is InChI=1S/C12H14N2O3/c1-8(7-9(2)15)13-14-12(17)10-5-3-4-6-11(10)16/h3-7,13,16H,1-2H3,(H,14,17). The number of amides is 1. The second kappa shape index (κ2) is 5.69. The lowest BCUT2D eigenvalue weighted by atomic mass is 10.2. The van der Waals surface area contributed by atoms with Crippen molar-refractivity contribution in [3.8, 4) is 5.75 Å². The highest BCUT2D eigenvalue weighted by Crippen LogP contribution is 2.14. The minimum Gasteiger partial charge on any atom is -0.507 e. The summed E-state index contributed by atoms with van der Waals surface area (Å²) in [7, 11) is 0. The highest BCUT2D eigenvalue weighted by atomic mass is 16.3. The maximum Gasteiger partial charge on any atom is 0.273 e. The van der Waals surface area contributed by atoms with Gasteiger partial charge in [0.15, 0.2) is 5.78 Å². The molecule has 0 unspecified atom stereocenters. The van der Waals surface area contributed by atoms with Gasteiger partial charge < -0.3 is 10.5 Å². The Bertz CT molecular complexity index is 467. The minimum atomic E-state index is -0.473. The zero-order valence-corrected chi connectivity index (χ0v) is 9.65. The van der Waals surface area contributed by atoms with Crippen molar-refractivity contribution in [2.24, 2.45) is 0 Å². The number of hydrogen-bond acceptors (Lipinski definition) is 4. The second-order valence-corrected chi connectivity index (χ2v) is 3.53. The Labute approximate surface area is 99.1 Å². The first-order valence-electron chi connectivity index (χ1n) is 5.04. The molecule has 0 aliphatic rings. The highest BCUT2D eigenvalue weighted by Gasteiger charge is 2.09. The number of hydrogen-bond donors (Lipinski definition) is 3. The van der Waals surface area contributed by atoms with E-state index < -0.39 is 5.91 Å². The fraction of sp³-hybridized carbons (Fsp3) is 0.167. The summed E-state index contributed by atoms with van der Waals surface area (Å²) in [6, 6.07) is 6.19. The normalized spacial score (nSPS) is 10.8. The molecule has 0 fully saturated rings. The first-order valence-corrected chi connectivity index (χ1v) is 5.04. The molecule has 0 bridgehead atoms. The van der Waals surface area contributed by atoms with Crippen molar-refractivity contribution in [1.29, 1.82) is 0 Å². The van der Waals surface area contributed by atoms with E-state index in [1.165, 1.54) is 25.1 Å². The number of carbonyl (C=O) groups excluding carboxylic acids is 2. The molecule has 0 spiro atoms. The number of para-hydroxylation sites is 1. The van der Waals surface area contributed by atoms with Gasteiger partial charge in [-0.1, -0.05) is 12.1 Å². The van der Waals surface area contributed by atoms with Crippen LogP contribution >= 0.6 is 0 Å². The van der Waals surface area contributed by atoms with Crippen molar-refractivity contribution in [2.75, 3.05) is 0 Å². The minimum absolute atomic E-state index is 0.0972. The molecule has 0 radical (unpaired) electrons. The SMILES string of the molecule is CC(=O)C=C(C)NNC(=O)c1ccccc1O. The number of nitrogens with one attached hydrogen (secondary N) is 2. The molecule has 0 atom stereocenters. The van der Waals surface area contributed by atoms with Crippen molar-refractivity contribution < 1.29 is 14.7 Å². The van der Waals surface area contributed by atoms with E-state index in [9.17, 15) is 14.7 Å². The van der Waals surface area contributed by atoms with Crippen LogP contribution in [0, 0.1) is 0 Å². The van der Waals surface area contributed by atoms with Crippen LogP contribution in [0.3, 0.4) is 0 Å². The van der Waals surface area contributed by atoms with E-state index in [4.69, 9.17) is 0 Å². The van der Waals surface area contributed by atoms with Crippen LogP contribution in [0.15, 0.2) is 36.0 Å². The average molecular weight is 234 g/mol. The lowest BCUT2D eigenvalue weighted by molar-refractivity contribution is -0.112. The number of aromatic hydroxyl groups is 1. The maximum absolute atomic E-state index is 11.6. The number of ketones is 1. The van der Waals surface area contributed by atoms with Crippen molar-refractivity contribution in [3.05, 3.63) is 41.6 Å². The van der Waals surface area contributed by atoms with Crippen molar-refractivity contribution in [2.45, 2.75) is 13.8 Å². The van der Waals surface area contributed by atoms with Gasteiger partial charge in [-0.15, -0.1) is 0 Å². The number of carbonyl (C=O) groups is 2. The fourth-order valence-corrected chi connectivity index (χ4v) is 1.23. The highest BCUT2D eigenvalue weighted by molar-refractivity contribution is 5.96. The molecular weight excluding hydrogens is 220 g/mol. The van der Waals surface area contributed by atoms with E-state index in [2.05, 4.69) is 10.9 Å². The van der Waals surface area contributed by atoms with Crippen LogP contribution in [0.5, 0.6) is 5.75 Å². The quantitative estimate of drug-likeness (QED) is 0.539. The lowest BCUT2D eigenvalue weighted by Gasteiger charge is -2.09. The summed E-state index contributed by atoms with van der Waals surface area (Å²) in [6.07, 6.45) is 1.35. The van der Waals surface area contributed by atoms with E-state index in [0.29, 0.717) is 5.70 Å². The molecule has 1 aromatic carbocycles. The molecule has 0 heterocycles. The van der Waals surface area contributed by atoms with Crippen LogP contribution in [0.2, 0.25) is 0 Å². The van der Waals surface area contributed by atoms with Gasteiger partial charge >= 0.3 is 0 Å². The van der Waals surface area contributed by atoms with Gasteiger partial charge in [-0.05, 0) is 26.0 Å². The van der Waals surface area contributed by atoms with Gasteiger partial charge in [-0.25, -0.2) is 0 Å². The van der Waals surface area contributed by atoms with E-state index in [0.717, 1.165) is 0 Å². The average Bonchev–Trinajstić information content (AvgIpc) is 2.25.